The number of alkyl halides is 3. The number of carbonyl (C=O) groups excluding carboxylic acids is 1. The van der Waals surface area contributed by atoms with Gasteiger partial charge in [0.15, 0.2) is 6.61 Å². The van der Waals surface area contributed by atoms with Crippen LogP contribution in [0.15, 0.2) is 18.2 Å². The Balaban J connectivity index is 2.59. The number of ether oxygens (including phenoxy) is 1. The van der Waals surface area contributed by atoms with Crippen molar-refractivity contribution in [3.8, 4) is 5.75 Å². The van der Waals surface area contributed by atoms with Crippen molar-refractivity contribution >= 4 is 17.6 Å². The zero-order valence-corrected chi connectivity index (χ0v) is 10.0. The topological polar surface area (TPSA) is 102 Å². The molecule has 1 rings (SSSR count). The number of rotatable bonds is 5. The molecule has 9 heteroatoms. The number of anilines is 1. The first kappa shape index (κ1) is 15.6. The highest BCUT2D eigenvalue weighted by molar-refractivity contribution is 5.89. The average Bonchev–Trinajstić information content (AvgIpc) is 2.34. The normalized spacial score (nSPS) is 10.9. The summed E-state index contributed by atoms with van der Waals surface area (Å²) in [6.07, 6.45) is -4.52. The van der Waals surface area contributed by atoms with Gasteiger partial charge < -0.3 is 20.9 Å². The van der Waals surface area contributed by atoms with E-state index >= 15 is 0 Å². The molecule has 0 aromatic heterocycles. The molecule has 0 bridgehead atoms. The van der Waals surface area contributed by atoms with Crippen molar-refractivity contribution in [2.75, 3.05) is 18.9 Å². The number of carboxylic acid groups (broad SMARTS) is 1. The maximum Gasteiger partial charge on any atom is 0.405 e. The highest BCUT2D eigenvalue weighted by atomic mass is 19.4. The SMILES string of the molecule is Nc1ccc(C(=O)O)cc1OCC(=O)NCC(F)(F)F. The van der Waals surface area contributed by atoms with E-state index in [9.17, 15) is 22.8 Å². The lowest BCUT2D eigenvalue weighted by Crippen LogP contribution is -2.36. The monoisotopic (exact) mass is 292 g/mol. The summed E-state index contributed by atoms with van der Waals surface area (Å²) in [5.74, 6) is -2.31. The number of hydrogen-bond acceptors (Lipinski definition) is 4. The Morgan fingerprint density at radius 1 is 1.35 bits per heavy atom. The molecule has 1 aromatic carbocycles. The fourth-order valence-corrected chi connectivity index (χ4v) is 1.19. The number of halogens is 3. The summed E-state index contributed by atoms with van der Waals surface area (Å²) in [4.78, 5) is 21.8. The molecular formula is C11H11F3N2O4. The van der Waals surface area contributed by atoms with E-state index in [2.05, 4.69) is 0 Å². The molecule has 6 nitrogen and oxygen atoms in total. The van der Waals surface area contributed by atoms with Crippen LogP contribution < -0.4 is 15.8 Å². The summed E-state index contributed by atoms with van der Waals surface area (Å²) in [5, 5.41) is 10.4. The molecule has 0 radical (unpaired) electrons. The molecule has 0 fully saturated rings. The van der Waals surface area contributed by atoms with Gasteiger partial charge in [0.2, 0.25) is 0 Å². The minimum atomic E-state index is -4.52. The van der Waals surface area contributed by atoms with Gasteiger partial charge in [0.25, 0.3) is 5.91 Å². The minimum Gasteiger partial charge on any atom is -0.482 e. The predicted molar refractivity (Wildman–Crippen MR) is 62.4 cm³/mol. The first-order chi connectivity index (χ1) is 9.19. The van der Waals surface area contributed by atoms with E-state index in [0.29, 0.717) is 0 Å². The number of nitrogens with two attached hydrogens (primary N) is 1. The van der Waals surface area contributed by atoms with Gasteiger partial charge in [0.1, 0.15) is 12.3 Å². The Morgan fingerprint density at radius 3 is 2.55 bits per heavy atom. The summed E-state index contributed by atoms with van der Waals surface area (Å²) < 4.78 is 40.4. The van der Waals surface area contributed by atoms with Crippen LogP contribution in [0, 0.1) is 0 Å². The van der Waals surface area contributed by atoms with Gasteiger partial charge in [0, 0.05) is 0 Å². The number of carboxylic acids is 1. The van der Waals surface area contributed by atoms with Crippen LogP contribution in [0.4, 0.5) is 18.9 Å². The van der Waals surface area contributed by atoms with Crippen LogP contribution in [0.25, 0.3) is 0 Å². The highest BCUT2D eigenvalue weighted by Gasteiger charge is 2.27. The van der Waals surface area contributed by atoms with Gasteiger partial charge in [-0.3, -0.25) is 4.79 Å². The lowest BCUT2D eigenvalue weighted by Gasteiger charge is -2.11. The van der Waals surface area contributed by atoms with Crippen LogP contribution in [-0.4, -0.2) is 36.3 Å². The summed E-state index contributed by atoms with van der Waals surface area (Å²) >= 11 is 0. The van der Waals surface area contributed by atoms with E-state index in [1.165, 1.54) is 12.1 Å². The van der Waals surface area contributed by atoms with Crippen molar-refractivity contribution < 1.29 is 32.6 Å². The fraction of sp³-hybridized carbons (Fsp3) is 0.273. The predicted octanol–water partition coefficient (Wildman–Crippen LogP) is 1.02. The Bertz CT molecular complexity index is 517. The molecular weight excluding hydrogens is 281 g/mol. The van der Waals surface area contributed by atoms with E-state index in [-0.39, 0.29) is 17.0 Å². The van der Waals surface area contributed by atoms with Gasteiger partial charge in [-0.2, -0.15) is 13.2 Å². The zero-order valence-electron chi connectivity index (χ0n) is 10.0. The van der Waals surface area contributed by atoms with Crippen LogP contribution in [0.2, 0.25) is 0 Å². The maximum absolute atomic E-state index is 11.8. The van der Waals surface area contributed by atoms with Crippen LogP contribution in [0.5, 0.6) is 5.75 Å². The number of aromatic carboxylic acids is 1. The van der Waals surface area contributed by atoms with Crippen molar-refractivity contribution in [3.05, 3.63) is 23.8 Å². The largest absolute Gasteiger partial charge is 0.482 e. The summed E-state index contributed by atoms with van der Waals surface area (Å²) in [7, 11) is 0. The summed E-state index contributed by atoms with van der Waals surface area (Å²) in [5.41, 5.74) is 5.44. The zero-order chi connectivity index (χ0) is 15.3. The van der Waals surface area contributed by atoms with Gasteiger partial charge in [-0.1, -0.05) is 0 Å². The lowest BCUT2D eigenvalue weighted by atomic mass is 10.2. The van der Waals surface area contributed by atoms with Crippen LogP contribution in [-0.2, 0) is 4.79 Å². The van der Waals surface area contributed by atoms with E-state index < -0.39 is 31.2 Å². The van der Waals surface area contributed by atoms with Crippen molar-refractivity contribution in [2.24, 2.45) is 0 Å². The molecule has 110 valence electrons. The quantitative estimate of drug-likeness (QED) is 0.703. The number of nitrogens with one attached hydrogen (secondary N) is 1. The second kappa shape index (κ2) is 6.13. The van der Waals surface area contributed by atoms with Crippen molar-refractivity contribution in [2.45, 2.75) is 6.18 Å². The number of benzene rings is 1. The molecule has 4 N–H and O–H groups in total. The smallest absolute Gasteiger partial charge is 0.405 e. The molecule has 0 aliphatic rings. The van der Waals surface area contributed by atoms with Gasteiger partial charge in [0.05, 0.1) is 11.3 Å². The Morgan fingerprint density at radius 2 is 2.00 bits per heavy atom. The van der Waals surface area contributed by atoms with E-state index in [1.807, 2.05) is 0 Å². The first-order valence-electron chi connectivity index (χ1n) is 5.28. The molecule has 0 aliphatic carbocycles. The number of amides is 1. The minimum absolute atomic E-state index is 0.0682. The molecule has 20 heavy (non-hydrogen) atoms. The molecule has 1 amide bonds. The van der Waals surface area contributed by atoms with Crippen LogP contribution in [0.3, 0.4) is 0 Å². The number of hydrogen-bond donors (Lipinski definition) is 3. The average molecular weight is 292 g/mol. The lowest BCUT2D eigenvalue weighted by molar-refractivity contribution is -0.139. The van der Waals surface area contributed by atoms with Gasteiger partial charge >= 0.3 is 12.1 Å². The summed E-state index contributed by atoms with van der Waals surface area (Å²) in [6, 6.07) is 3.56. The second-order valence-electron chi connectivity index (χ2n) is 3.74. The molecule has 0 heterocycles. The maximum atomic E-state index is 11.8. The van der Waals surface area contributed by atoms with E-state index in [4.69, 9.17) is 15.6 Å². The van der Waals surface area contributed by atoms with E-state index in [1.54, 1.807) is 5.32 Å². The third-order valence-electron chi connectivity index (χ3n) is 2.11. The van der Waals surface area contributed by atoms with Gasteiger partial charge in [-0.15, -0.1) is 0 Å². The first-order valence-corrected chi connectivity index (χ1v) is 5.28. The van der Waals surface area contributed by atoms with E-state index in [0.717, 1.165) is 6.07 Å². The van der Waals surface area contributed by atoms with Crippen LogP contribution >= 0.6 is 0 Å². The van der Waals surface area contributed by atoms with Gasteiger partial charge in [-0.25, -0.2) is 4.79 Å². The summed E-state index contributed by atoms with van der Waals surface area (Å²) in [6.45, 7) is -2.18. The molecule has 0 unspecified atom stereocenters. The molecule has 1 aromatic rings. The van der Waals surface area contributed by atoms with Crippen molar-refractivity contribution in [1.29, 1.82) is 0 Å². The fourth-order valence-electron chi connectivity index (χ4n) is 1.19. The Kier molecular flexibility index (Phi) is 4.78. The standard InChI is InChI=1S/C11H11F3N2O4/c12-11(13,14)5-16-9(17)4-20-8-3-6(10(18)19)1-2-7(8)15/h1-3H,4-5,15H2,(H,16,17)(H,18,19). The molecule has 0 saturated carbocycles. The number of nitrogen functional groups attached to an aromatic ring is 1. The third-order valence-corrected chi connectivity index (χ3v) is 2.11. The van der Waals surface area contributed by atoms with Crippen molar-refractivity contribution in [1.82, 2.24) is 5.32 Å². The molecule has 0 spiro atoms. The number of carbonyl (C=O) groups is 2. The van der Waals surface area contributed by atoms with Gasteiger partial charge in [-0.05, 0) is 18.2 Å². The Labute approximate surface area is 111 Å². The Hall–Kier alpha value is -2.45. The highest BCUT2D eigenvalue weighted by Crippen LogP contribution is 2.22. The molecule has 0 atom stereocenters. The van der Waals surface area contributed by atoms with Crippen molar-refractivity contribution in [3.63, 3.8) is 0 Å². The third kappa shape index (κ3) is 5.04. The molecule has 0 aliphatic heterocycles. The molecule has 0 saturated heterocycles. The van der Waals surface area contributed by atoms with Crippen LogP contribution in [0.1, 0.15) is 10.4 Å². The second-order valence-corrected chi connectivity index (χ2v) is 3.74.